The average Bonchev–Trinajstić information content (AvgIpc) is 3.48. The van der Waals surface area contributed by atoms with E-state index >= 15 is 0 Å². The van der Waals surface area contributed by atoms with Crippen molar-refractivity contribution in [3.05, 3.63) is 77.7 Å². The van der Waals surface area contributed by atoms with Crippen LogP contribution in [0.15, 0.2) is 61.6 Å². The van der Waals surface area contributed by atoms with E-state index < -0.39 is 0 Å². The lowest BCUT2D eigenvalue weighted by Crippen LogP contribution is -2.23. The molecule has 1 aromatic carbocycles. The first kappa shape index (κ1) is 22.8. The van der Waals surface area contributed by atoms with Crippen molar-refractivity contribution in [2.24, 2.45) is 5.92 Å². The van der Waals surface area contributed by atoms with Gasteiger partial charge in [-0.3, -0.25) is 10.1 Å². The van der Waals surface area contributed by atoms with Crippen LogP contribution in [-0.2, 0) is 0 Å². The molecule has 6 nitrogen and oxygen atoms in total. The van der Waals surface area contributed by atoms with E-state index in [1.165, 1.54) is 32.1 Å². The molecule has 1 fully saturated rings. The molecule has 0 atom stereocenters. The van der Waals surface area contributed by atoms with Crippen LogP contribution in [0.4, 0.5) is 5.69 Å². The smallest absolute Gasteiger partial charge is 0.159 e. The highest BCUT2D eigenvalue weighted by molar-refractivity contribution is 5.89. The van der Waals surface area contributed by atoms with Gasteiger partial charge in [-0.1, -0.05) is 63.5 Å². The fourth-order valence-electron chi connectivity index (χ4n) is 4.91. The molecule has 1 aliphatic rings. The van der Waals surface area contributed by atoms with Crippen molar-refractivity contribution in [1.82, 2.24) is 25.1 Å². The number of aromatic nitrogens is 5. The second kappa shape index (κ2) is 10.1. The summed E-state index contributed by atoms with van der Waals surface area (Å²) < 4.78 is 0. The molecule has 0 unspecified atom stereocenters. The van der Waals surface area contributed by atoms with E-state index in [9.17, 15) is 0 Å². The molecule has 0 aliphatic heterocycles. The first-order chi connectivity index (χ1) is 17.1. The highest BCUT2D eigenvalue weighted by Gasteiger charge is 2.15. The van der Waals surface area contributed by atoms with Crippen LogP contribution in [0.25, 0.3) is 40.3 Å². The molecule has 6 heteroatoms. The van der Waals surface area contributed by atoms with E-state index in [0.29, 0.717) is 0 Å². The Morgan fingerprint density at radius 1 is 1.14 bits per heavy atom. The van der Waals surface area contributed by atoms with E-state index in [-0.39, 0.29) is 0 Å². The number of nitrogens with zero attached hydrogens (tertiary/aromatic N) is 3. The number of allylic oxidation sites excluding steroid dienone is 2. The minimum atomic E-state index is 0.724. The Morgan fingerprint density at radius 3 is 2.77 bits per heavy atom. The van der Waals surface area contributed by atoms with Crippen molar-refractivity contribution in [3.63, 3.8) is 0 Å². The number of H-pyrrole nitrogens is 2. The van der Waals surface area contributed by atoms with Crippen molar-refractivity contribution >= 4 is 34.4 Å². The van der Waals surface area contributed by atoms with Crippen LogP contribution in [0.2, 0.25) is 0 Å². The zero-order valence-electron chi connectivity index (χ0n) is 20.3. The molecule has 1 saturated carbocycles. The third kappa shape index (κ3) is 5.11. The van der Waals surface area contributed by atoms with Gasteiger partial charge in [0.15, 0.2) is 5.82 Å². The Hall–Kier alpha value is -3.93. The van der Waals surface area contributed by atoms with Crippen molar-refractivity contribution in [1.29, 1.82) is 0 Å². The zero-order valence-corrected chi connectivity index (χ0v) is 20.3. The van der Waals surface area contributed by atoms with Gasteiger partial charge in [0, 0.05) is 22.7 Å². The van der Waals surface area contributed by atoms with Crippen LogP contribution < -0.4 is 15.9 Å². The highest BCUT2D eigenvalue weighted by atomic mass is 15.1. The fourth-order valence-corrected chi connectivity index (χ4v) is 4.91. The van der Waals surface area contributed by atoms with Gasteiger partial charge in [-0.15, -0.1) is 0 Å². The molecule has 0 spiro atoms. The average molecular weight is 465 g/mol. The maximum absolute atomic E-state index is 4.73. The molecular weight excluding hydrogens is 432 g/mol. The molecule has 0 saturated heterocycles. The van der Waals surface area contributed by atoms with Crippen LogP contribution in [0.3, 0.4) is 0 Å². The molecule has 0 bridgehead atoms. The number of imidazole rings is 1. The molecule has 4 aromatic rings. The summed E-state index contributed by atoms with van der Waals surface area (Å²) in [4.78, 5) is 12.6. The van der Waals surface area contributed by atoms with Crippen LogP contribution in [0, 0.1) is 5.92 Å². The first-order valence-corrected chi connectivity index (χ1v) is 12.4. The fraction of sp³-hybridized carbons (Fsp3) is 0.276. The molecule has 35 heavy (non-hydrogen) atoms. The first-order valence-electron chi connectivity index (χ1n) is 12.4. The Morgan fingerprint density at radius 2 is 1.97 bits per heavy atom. The standard InChI is InChI=1S/C29H32N6/c1-4-25-24(28(35-34-25)29-32-26-12-8-9-13-27(26)33-29)14-19(2)22-16-23(18-30-17-22)31-20(3)15-21-10-6-5-7-11-21/h4,8-9,12-14,16-18,21,31,34H,2-3,5-7,10-11,15H2,1H3,(H,32,33)/b24-14+,25-4+. The summed E-state index contributed by atoms with van der Waals surface area (Å²) in [5.41, 5.74) is 6.43. The molecule has 1 aliphatic carbocycles. The predicted molar refractivity (Wildman–Crippen MR) is 145 cm³/mol. The molecule has 3 aromatic heterocycles. The number of hydrogen-bond acceptors (Lipinski definition) is 4. The number of pyridine rings is 1. The number of hydrogen-bond donors (Lipinski definition) is 3. The van der Waals surface area contributed by atoms with Crippen LogP contribution in [0.1, 0.15) is 51.0 Å². The number of fused-ring (bicyclic) bond motifs is 1. The summed E-state index contributed by atoms with van der Waals surface area (Å²) in [6, 6.07) is 10.1. The SMILES string of the molecule is C=C(CC1CCCCC1)Nc1cncc(C(=C)/C=c2/c(-c3nc4ccccc4[nH]3)n[nH]/c2=C/C)c1. The van der Waals surface area contributed by atoms with Crippen LogP contribution >= 0.6 is 0 Å². The maximum atomic E-state index is 4.73. The third-order valence-corrected chi connectivity index (χ3v) is 6.74. The van der Waals surface area contributed by atoms with Crippen molar-refractivity contribution < 1.29 is 0 Å². The summed E-state index contributed by atoms with van der Waals surface area (Å²) in [6.07, 6.45) is 15.4. The van der Waals surface area contributed by atoms with Gasteiger partial charge in [-0.25, -0.2) is 4.98 Å². The Kier molecular flexibility index (Phi) is 6.62. The summed E-state index contributed by atoms with van der Waals surface area (Å²) in [6.45, 7) is 10.6. The molecule has 178 valence electrons. The zero-order chi connectivity index (χ0) is 24.2. The lowest BCUT2D eigenvalue weighted by molar-refractivity contribution is 0.357. The number of anilines is 1. The summed E-state index contributed by atoms with van der Waals surface area (Å²) in [5.74, 6) is 1.46. The van der Waals surface area contributed by atoms with Gasteiger partial charge < -0.3 is 10.3 Å². The molecular formula is C29H32N6. The second-order valence-corrected chi connectivity index (χ2v) is 9.36. The minimum absolute atomic E-state index is 0.724. The quantitative estimate of drug-likeness (QED) is 0.335. The Labute approximate surface area is 205 Å². The van der Waals surface area contributed by atoms with Crippen LogP contribution in [-0.4, -0.2) is 25.1 Å². The van der Waals surface area contributed by atoms with E-state index in [1.54, 1.807) is 0 Å². The van der Waals surface area contributed by atoms with Gasteiger partial charge in [0.1, 0.15) is 5.69 Å². The number of benzene rings is 1. The lowest BCUT2D eigenvalue weighted by atomic mass is 9.86. The van der Waals surface area contributed by atoms with Gasteiger partial charge in [0.05, 0.1) is 28.3 Å². The monoisotopic (exact) mass is 464 g/mol. The molecule has 0 radical (unpaired) electrons. The highest BCUT2D eigenvalue weighted by Crippen LogP contribution is 2.29. The van der Waals surface area contributed by atoms with E-state index in [1.807, 2.05) is 55.7 Å². The van der Waals surface area contributed by atoms with E-state index in [0.717, 1.165) is 68.0 Å². The number of rotatable bonds is 7. The van der Waals surface area contributed by atoms with Crippen molar-refractivity contribution in [3.8, 4) is 11.5 Å². The molecule has 3 heterocycles. The summed E-state index contributed by atoms with van der Waals surface area (Å²) >= 11 is 0. The minimum Gasteiger partial charge on any atom is -0.358 e. The van der Waals surface area contributed by atoms with E-state index in [2.05, 4.69) is 44.7 Å². The molecule has 0 amide bonds. The van der Waals surface area contributed by atoms with Gasteiger partial charge in [-0.2, -0.15) is 5.10 Å². The van der Waals surface area contributed by atoms with Gasteiger partial charge in [0.25, 0.3) is 0 Å². The largest absolute Gasteiger partial charge is 0.358 e. The third-order valence-electron chi connectivity index (χ3n) is 6.74. The normalized spacial score (nSPS) is 15.6. The Balaban J connectivity index is 1.40. The number of nitrogens with one attached hydrogen (secondary N) is 3. The number of para-hydroxylation sites is 2. The van der Waals surface area contributed by atoms with Crippen LogP contribution in [0.5, 0.6) is 0 Å². The lowest BCUT2D eigenvalue weighted by Gasteiger charge is -2.22. The number of aromatic amines is 2. The second-order valence-electron chi connectivity index (χ2n) is 9.36. The summed E-state index contributed by atoms with van der Waals surface area (Å²) in [7, 11) is 0. The van der Waals surface area contributed by atoms with Crippen molar-refractivity contribution in [2.45, 2.75) is 45.4 Å². The predicted octanol–water partition coefficient (Wildman–Crippen LogP) is 5.54. The maximum Gasteiger partial charge on any atom is 0.159 e. The van der Waals surface area contributed by atoms with E-state index in [4.69, 9.17) is 4.98 Å². The Bertz CT molecular complexity index is 1450. The van der Waals surface area contributed by atoms with Crippen molar-refractivity contribution in [2.75, 3.05) is 5.32 Å². The molecule has 5 rings (SSSR count). The van der Waals surface area contributed by atoms with Gasteiger partial charge in [-0.05, 0) is 49.1 Å². The topological polar surface area (TPSA) is 82.3 Å². The van der Waals surface area contributed by atoms with Gasteiger partial charge in [0.2, 0.25) is 0 Å². The van der Waals surface area contributed by atoms with Gasteiger partial charge >= 0.3 is 0 Å². The molecule has 3 N–H and O–H groups in total. The summed E-state index contributed by atoms with van der Waals surface area (Å²) in [5, 5.41) is 13.0.